The van der Waals surface area contributed by atoms with Crippen molar-refractivity contribution in [3.8, 4) is 22.5 Å². The van der Waals surface area contributed by atoms with E-state index in [4.69, 9.17) is 24.4 Å². The third-order valence-corrected chi connectivity index (χ3v) is 11.3. The second-order valence-electron chi connectivity index (χ2n) is 15.4. The summed E-state index contributed by atoms with van der Waals surface area (Å²) >= 11 is 0. The maximum atomic E-state index is 13.9. The number of aromatic nitrogens is 5. The van der Waals surface area contributed by atoms with Crippen molar-refractivity contribution in [2.45, 2.75) is 63.7 Å². The third-order valence-electron chi connectivity index (χ3n) is 11.3. The molecule has 6 aromatic rings. The Labute approximate surface area is 340 Å². The molecule has 15 nitrogen and oxygen atoms in total. The topological polar surface area (TPSA) is 188 Å². The minimum atomic E-state index is -0.891. The van der Waals surface area contributed by atoms with Gasteiger partial charge in [-0.05, 0) is 67.5 Å². The quantitative estimate of drug-likeness (QED) is 0.114. The highest BCUT2D eigenvalue weighted by Gasteiger charge is 2.39. The molecule has 304 valence electrons. The van der Waals surface area contributed by atoms with Gasteiger partial charge in [0, 0.05) is 29.6 Å². The number of H-pyrrole nitrogens is 2. The minimum absolute atomic E-state index is 0.119. The zero-order valence-corrected chi connectivity index (χ0v) is 33.4. The molecule has 0 unspecified atom stereocenters. The molecule has 2 saturated heterocycles. The van der Waals surface area contributed by atoms with Gasteiger partial charge in [0.05, 0.1) is 60.4 Å². The van der Waals surface area contributed by atoms with Gasteiger partial charge in [-0.25, -0.2) is 24.5 Å². The Morgan fingerprint density at radius 2 is 1.41 bits per heavy atom. The number of hydrogen-bond acceptors (Lipinski definition) is 9. The Kier molecular flexibility index (Phi) is 11.0. The number of rotatable bonds is 10. The number of imidazole rings is 2. The number of aromatic amines is 2. The molecule has 0 spiro atoms. The summed E-state index contributed by atoms with van der Waals surface area (Å²) in [4.78, 5) is 76.9. The van der Waals surface area contributed by atoms with E-state index in [2.05, 4.69) is 26.7 Å². The van der Waals surface area contributed by atoms with Gasteiger partial charge in [0.2, 0.25) is 5.91 Å². The summed E-state index contributed by atoms with van der Waals surface area (Å²) in [7, 11) is 2.56. The van der Waals surface area contributed by atoms with Gasteiger partial charge in [-0.2, -0.15) is 0 Å². The Bertz CT molecular complexity index is 2520. The molecular formula is C44H47N9O6. The molecule has 0 aliphatic carbocycles. The van der Waals surface area contributed by atoms with Crippen LogP contribution in [0.25, 0.3) is 44.5 Å². The molecule has 8 rings (SSSR count). The van der Waals surface area contributed by atoms with E-state index in [-0.39, 0.29) is 29.8 Å². The van der Waals surface area contributed by atoms with Crippen LogP contribution in [0.15, 0.2) is 85.1 Å². The Morgan fingerprint density at radius 3 is 2.14 bits per heavy atom. The van der Waals surface area contributed by atoms with Crippen LogP contribution in [-0.4, -0.2) is 92.1 Å². The fraction of sp³-hybridized carbons (Fsp3) is 0.341. The zero-order valence-electron chi connectivity index (χ0n) is 33.4. The summed E-state index contributed by atoms with van der Waals surface area (Å²) in [6.07, 6.45) is 3.62. The van der Waals surface area contributed by atoms with Gasteiger partial charge >= 0.3 is 12.2 Å². The highest BCUT2D eigenvalue weighted by Crippen LogP contribution is 2.36. The van der Waals surface area contributed by atoms with Gasteiger partial charge in [0.25, 0.3) is 5.91 Å². The zero-order chi connectivity index (χ0) is 41.2. The number of nitrogens with zero attached hydrogens (tertiary/aromatic N) is 5. The van der Waals surface area contributed by atoms with Crippen LogP contribution in [0.5, 0.6) is 0 Å². The fourth-order valence-electron chi connectivity index (χ4n) is 8.24. The molecule has 4 atom stereocenters. The first-order valence-corrected chi connectivity index (χ1v) is 19.9. The van der Waals surface area contributed by atoms with Gasteiger partial charge in [-0.1, -0.05) is 62.4 Å². The van der Waals surface area contributed by atoms with Gasteiger partial charge in [0.15, 0.2) is 0 Å². The molecule has 5 heterocycles. The number of methoxy groups -OCH3 is 2. The van der Waals surface area contributed by atoms with E-state index in [1.165, 1.54) is 14.2 Å². The smallest absolute Gasteiger partial charge is 0.407 e. The summed E-state index contributed by atoms with van der Waals surface area (Å²) in [6, 6.07) is 23.1. The average Bonchev–Trinajstić information content (AvgIpc) is 4.10. The lowest BCUT2D eigenvalue weighted by atomic mass is 10.0. The molecule has 3 aromatic heterocycles. The summed E-state index contributed by atoms with van der Waals surface area (Å²) in [5, 5.41) is 6.37. The predicted octanol–water partition coefficient (Wildman–Crippen LogP) is 6.97. The van der Waals surface area contributed by atoms with Gasteiger partial charge in [-0.15, -0.1) is 0 Å². The highest BCUT2D eigenvalue weighted by atomic mass is 16.5. The van der Waals surface area contributed by atoms with Crippen molar-refractivity contribution in [1.29, 1.82) is 0 Å². The molecule has 3 aromatic carbocycles. The van der Waals surface area contributed by atoms with E-state index in [9.17, 15) is 19.2 Å². The van der Waals surface area contributed by atoms with E-state index < -0.39 is 24.3 Å². The van der Waals surface area contributed by atoms with Crippen molar-refractivity contribution in [2.24, 2.45) is 5.92 Å². The van der Waals surface area contributed by atoms with Crippen LogP contribution >= 0.6 is 0 Å². The lowest BCUT2D eigenvalue weighted by Gasteiger charge is -2.29. The molecule has 4 N–H and O–H groups in total. The molecule has 0 saturated carbocycles. The maximum absolute atomic E-state index is 13.9. The number of carbonyl (C=O) groups excluding carboxylic acids is 4. The van der Waals surface area contributed by atoms with Crippen LogP contribution < -0.4 is 10.6 Å². The van der Waals surface area contributed by atoms with Crippen LogP contribution in [0.2, 0.25) is 0 Å². The molecule has 4 amide bonds. The number of hydrogen-bond donors (Lipinski definition) is 4. The molecule has 59 heavy (non-hydrogen) atoms. The fourth-order valence-corrected chi connectivity index (χ4v) is 8.24. The number of pyridine rings is 1. The number of carbonyl (C=O) groups is 4. The molecule has 2 aliphatic rings. The number of amides is 4. The maximum Gasteiger partial charge on any atom is 0.407 e. The summed E-state index contributed by atoms with van der Waals surface area (Å²) in [5.74, 6) is 0.904. The minimum Gasteiger partial charge on any atom is -0.453 e. The van der Waals surface area contributed by atoms with Crippen molar-refractivity contribution in [1.82, 2.24) is 45.4 Å². The molecule has 0 bridgehead atoms. The third kappa shape index (κ3) is 7.92. The first kappa shape index (κ1) is 39.1. The standard InChI is InChI=1S/C44H47N9O6/c1-25(2)37(50-43(56)58-3)41(54)53-21-9-13-36(53)40-47-32-19-16-29(23-33(32)48-40)31-17-14-27-22-28(15-18-30(27)46-31)34-24-45-39(49-34)35-12-8-20-52(35)42(55)38(51-44(57)59-4)26-10-6-5-7-11-26/h5-7,10-11,14-19,22-25,35-38H,8-9,12-13,20-21H2,1-4H3,(H,45,49)(H,47,48)(H,50,56)(H,51,57)/t35-,36-,37-,38+/m0/s1. The average molecular weight is 798 g/mol. The van der Waals surface area contributed by atoms with Crippen LogP contribution in [-0.2, 0) is 19.1 Å². The molecule has 2 fully saturated rings. The number of alkyl carbamates (subject to hydrolysis) is 2. The first-order valence-electron chi connectivity index (χ1n) is 19.9. The molecule has 2 aliphatic heterocycles. The van der Waals surface area contributed by atoms with Crippen molar-refractivity contribution in [3.63, 3.8) is 0 Å². The van der Waals surface area contributed by atoms with Crippen LogP contribution in [0.1, 0.15) is 74.9 Å². The number of fused-ring (bicyclic) bond motifs is 2. The second-order valence-corrected chi connectivity index (χ2v) is 15.4. The molecule has 15 heteroatoms. The molecule has 0 radical (unpaired) electrons. The Balaban J connectivity index is 0.985. The Hall–Kier alpha value is -6.77. The van der Waals surface area contributed by atoms with Crippen molar-refractivity contribution in [2.75, 3.05) is 27.3 Å². The first-order chi connectivity index (χ1) is 28.6. The van der Waals surface area contributed by atoms with Crippen LogP contribution in [0.3, 0.4) is 0 Å². The predicted molar refractivity (Wildman–Crippen MR) is 221 cm³/mol. The number of likely N-dealkylation sites (tertiary alicyclic amines) is 2. The number of benzene rings is 3. The second kappa shape index (κ2) is 16.6. The highest BCUT2D eigenvalue weighted by molar-refractivity contribution is 5.89. The van der Waals surface area contributed by atoms with E-state index >= 15 is 0 Å². The molecular weight excluding hydrogens is 751 g/mol. The lowest BCUT2D eigenvalue weighted by molar-refractivity contribution is -0.135. The van der Waals surface area contributed by atoms with Gasteiger partial charge < -0.3 is 39.9 Å². The summed E-state index contributed by atoms with van der Waals surface area (Å²) in [5.41, 5.74) is 6.61. The van der Waals surface area contributed by atoms with Crippen molar-refractivity contribution in [3.05, 3.63) is 102 Å². The lowest BCUT2D eigenvalue weighted by Crippen LogP contribution is -2.51. The van der Waals surface area contributed by atoms with E-state index in [0.29, 0.717) is 30.3 Å². The van der Waals surface area contributed by atoms with Crippen molar-refractivity contribution < 1.29 is 28.7 Å². The van der Waals surface area contributed by atoms with Crippen LogP contribution in [0, 0.1) is 5.92 Å². The largest absolute Gasteiger partial charge is 0.453 e. The van der Waals surface area contributed by atoms with Crippen molar-refractivity contribution >= 4 is 45.9 Å². The Morgan fingerprint density at radius 1 is 0.729 bits per heavy atom. The van der Waals surface area contributed by atoms with E-state index in [1.54, 1.807) is 11.1 Å². The van der Waals surface area contributed by atoms with Gasteiger partial charge in [-0.3, -0.25) is 9.59 Å². The van der Waals surface area contributed by atoms with E-state index in [1.807, 2.05) is 91.5 Å². The van der Waals surface area contributed by atoms with Gasteiger partial charge in [0.1, 0.15) is 23.7 Å². The number of nitrogens with one attached hydrogen (secondary N) is 4. The monoisotopic (exact) mass is 797 g/mol. The summed E-state index contributed by atoms with van der Waals surface area (Å²) in [6.45, 7) is 4.92. The summed E-state index contributed by atoms with van der Waals surface area (Å²) < 4.78 is 9.60. The SMILES string of the molecule is COC(=O)N[C@H](C(=O)N1CCC[C@H]1c1nc2ccc(-c3ccc4cc(-c5cnc([C@@H]6CCCN6C(=O)[C@H](NC(=O)OC)c6ccccc6)[nH]5)ccc4n3)cc2[nH]1)C(C)C. The normalized spacial score (nSPS) is 17.6. The number of ether oxygens (including phenoxy) is 2. The van der Waals surface area contributed by atoms with Crippen LogP contribution in [0.4, 0.5) is 9.59 Å². The van der Waals surface area contributed by atoms with E-state index in [0.717, 1.165) is 70.1 Å².